The van der Waals surface area contributed by atoms with Gasteiger partial charge in [-0.15, -0.1) is 0 Å². The summed E-state index contributed by atoms with van der Waals surface area (Å²) < 4.78 is 40.1. The molecule has 1 N–H and O–H groups in total. The minimum absolute atomic E-state index is 0.0207. The molecule has 0 saturated carbocycles. The third-order valence-corrected chi connectivity index (χ3v) is 8.54. The topological polar surface area (TPSA) is 105 Å². The van der Waals surface area contributed by atoms with Gasteiger partial charge in [-0.2, -0.15) is 0 Å². The van der Waals surface area contributed by atoms with Crippen LogP contribution in [0.3, 0.4) is 0 Å². The SMILES string of the molecule is CCNC(=O)[C@H](CC)N(CCc1ccccc1)C(=O)CN(c1cc(OC)ccc1OC)S(=O)(=O)c1ccc(C)cc1. The van der Waals surface area contributed by atoms with E-state index in [9.17, 15) is 18.0 Å². The van der Waals surface area contributed by atoms with Crippen LogP contribution >= 0.6 is 0 Å². The summed E-state index contributed by atoms with van der Waals surface area (Å²) in [5, 5.41) is 2.81. The molecule has 0 fully saturated rings. The summed E-state index contributed by atoms with van der Waals surface area (Å²) in [6.07, 6.45) is 0.856. The van der Waals surface area contributed by atoms with Crippen LogP contribution in [0.5, 0.6) is 11.5 Å². The molecule has 0 aromatic heterocycles. The Morgan fingerprint density at radius 1 is 0.927 bits per heavy atom. The predicted molar refractivity (Wildman–Crippen MR) is 160 cm³/mol. The maximum Gasteiger partial charge on any atom is 0.264 e. The molecule has 3 aromatic rings. The fraction of sp³-hybridized carbons (Fsp3) is 0.355. The number of methoxy groups -OCH3 is 2. The summed E-state index contributed by atoms with van der Waals surface area (Å²) >= 11 is 0. The Morgan fingerprint density at radius 2 is 1.61 bits per heavy atom. The van der Waals surface area contributed by atoms with Gasteiger partial charge in [0.25, 0.3) is 10.0 Å². The first kappa shape index (κ1) is 31.5. The maximum absolute atomic E-state index is 14.1. The lowest BCUT2D eigenvalue weighted by atomic mass is 10.1. The summed E-state index contributed by atoms with van der Waals surface area (Å²) in [6, 6.07) is 20.0. The van der Waals surface area contributed by atoms with E-state index in [1.54, 1.807) is 24.3 Å². The number of aryl methyl sites for hydroxylation is 1. The lowest BCUT2D eigenvalue weighted by Crippen LogP contribution is -2.53. The van der Waals surface area contributed by atoms with Crippen LogP contribution in [-0.2, 0) is 26.0 Å². The molecule has 0 bridgehead atoms. The molecule has 1 atom stereocenters. The quantitative estimate of drug-likeness (QED) is 0.306. The highest BCUT2D eigenvalue weighted by atomic mass is 32.2. The van der Waals surface area contributed by atoms with Crippen molar-refractivity contribution in [3.63, 3.8) is 0 Å². The third kappa shape index (κ3) is 7.79. The van der Waals surface area contributed by atoms with E-state index in [-0.39, 0.29) is 28.8 Å². The molecule has 41 heavy (non-hydrogen) atoms. The second kappa shape index (κ2) is 14.5. The number of anilines is 1. The first-order valence-electron chi connectivity index (χ1n) is 13.6. The number of sulfonamides is 1. The van der Waals surface area contributed by atoms with Crippen molar-refractivity contribution in [2.24, 2.45) is 0 Å². The number of carbonyl (C=O) groups is 2. The zero-order valence-corrected chi connectivity index (χ0v) is 25.1. The molecule has 9 nitrogen and oxygen atoms in total. The van der Waals surface area contributed by atoms with Gasteiger partial charge in [0.05, 0.1) is 24.8 Å². The van der Waals surface area contributed by atoms with Gasteiger partial charge in [0.2, 0.25) is 11.8 Å². The Balaban J connectivity index is 2.10. The standard InChI is InChI=1S/C31H39N3O6S/c1-6-27(31(36)32-7-2)33(20-19-24-11-9-8-10-12-24)30(35)22-34(28-21-25(39-4)15-18-29(28)40-5)41(37,38)26-16-13-23(3)14-17-26/h8-18,21,27H,6-7,19-20,22H2,1-5H3,(H,32,36)/t27-/m0/s1. The Labute approximate surface area is 243 Å². The van der Waals surface area contributed by atoms with Crippen LogP contribution in [0, 0.1) is 6.92 Å². The van der Waals surface area contributed by atoms with Gasteiger partial charge in [-0.1, -0.05) is 55.0 Å². The van der Waals surface area contributed by atoms with E-state index in [0.717, 1.165) is 15.4 Å². The van der Waals surface area contributed by atoms with Crippen molar-refractivity contribution < 1.29 is 27.5 Å². The Morgan fingerprint density at radius 3 is 2.20 bits per heavy atom. The second-order valence-electron chi connectivity index (χ2n) is 9.50. The third-order valence-electron chi connectivity index (χ3n) is 6.76. The first-order valence-corrected chi connectivity index (χ1v) is 15.0. The van der Waals surface area contributed by atoms with Gasteiger partial charge in [-0.25, -0.2) is 8.42 Å². The smallest absolute Gasteiger partial charge is 0.264 e. The zero-order valence-electron chi connectivity index (χ0n) is 24.3. The van der Waals surface area contributed by atoms with Crippen LogP contribution in [0.4, 0.5) is 5.69 Å². The highest BCUT2D eigenvalue weighted by molar-refractivity contribution is 7.92. The fourth-order valence-corrected chi connectivity index (χ4v) is 5.95. The van der Waals surface area contributed by atoms with Gasteiger partial charge in [0, 0.05) is 19.2 Å². The molecule has 0 aliphatic heterocycles. The largest absolute Gasteiger partial charge is 0.497 e. The molecule has 0 aliphatic rings. The van der Waals surface area contributed by atoms with Crippen LogP contribution in [0.1, 0.15) is 31.4 Å². The molecule has 3 rings (SSSR count). The van der Waals surface area contributed by atoms with Crippen molar-refractivity contribution in [3.05, 3.63) is 83.9 Å². The van der Waals surface area contributed by atoms with Gasteiger partial charge in [0.1, 0.15) is 24.1 Å². The van der Waals surface area contributed by atoms with E-state index < -0.39 is 28.5 Å². The molecule has 0 radical (unpaired) electrons. The molecule has 10 heteroatoms. The molecule has 2 amide bonds. The Kier molecular flexibility index (Phi) is 11.2. The molecule has 0 heterocycles. The zero-order chi connectivity index (χ0) is 30.0. The predicted octanol–water partition coefficient (Wildman–Crippen LogP) is 4.19. The summed E-state index contributed by atoms with van der Waals surface area (Å²) in [6.45, 7) is 5.58. The number of rotatable bonds is 14. The summed E-state index contributed by atoms with van der Waals surface area (Å²) in [5.41, 5.74) is 2.04. The van der Waals surface area contributed by atoms with Gasteiger partial charge in [-0.05, 0) is 56.5 Å². The highest BCUT2D eigenvalue weighted by Crippen LogP contribution is 2.36. The van der Waals surface area contributed by atoms with Crippen LogP contribution < -0.4 is 19.1 Å². The van der Waals surface area contributed by atoms with E-state index in [4.69, 9.17) is 9.47 Å². The number of likely N-dealkylation sites (N-methyl/N-ethyl adjacent to an activating group) is 1. The molecule has 0 spiro atoms. The molecule has 0 unspecified atom stereocenters. The first-order chi connectivity index (χ1) is 19.7. The molecule has 220 valence electrons. The summed E-state index contributed by atoms with van der Waals surface area (Å²) in [4.78, 5) is 28.7. The molecule has 0 aliphatic carbocycles. The van der Waals surface area contributed by atoms with Crippen molar-refractivity contribution in [2.75, 3.05) is 38.2 Å². The van der Waals surface area contributed by atoms with Crippen LogP contribution in [-0.4, -0.2) is 65.0 Å². The van der Waals surface area contributed by atoms with Gasteiger partial charge < -0.3 is 19.7 Å². The van der Waals surface area contributed by atoms with E-state index in [0.29, 0.717) is 25.1 Å². The number of benzene rings is 3. The average molecular weight is 582 g/mol. The van der Waals surface area contributed by atoms with E-state index in [1.165, 1.54) is 37.3 Å². The minimum Gasteiger partial charge on any atom is -0.497 e. The van der Waals surface area contributed by atoms with Crippen LogP contribution in [0.15, 0.2) is 77.7 Å². The molecular formula is C31H39N3O6S. The minimum atomic E-state index is -4.24. The number of hydrogen-bond acceptors (Lipinski definition) is 6. The van der Waals surface area contributed by atoms with Crippen molar-refractivity contribution in [3.8, 4) is 11.5 Å². The van der Waals surface area contributed by atoms with E-state index in [1.807, 2.05) is 51.1 Å². The van der Waals surface area contributed by atoms with Crippen LogP contribution in [0.25, 0.3) is 0 Å². The molecular weight excluding hydrogens is 542 g/mol. The number of nitrogens with zero attached hydrogens (tertiary/aromatic N) is 2. The Hall–Kier alpha value is -4.05. The fourth-order valence-electron chi connectivity index (χ4n) is 4.53. The average Bonchev–Trinajstić information content (AvgIpc) is 2.98. The number of hydrogen-bond donors (Lipinski definition) is 1. The molecule has 0 saturated heterocycles. The van der Waals surface area contributed by atoms with Crippen LogP contribution in [0.2, 0.25) is 0 Å². The summed E-state index contributed by atoms with van der Waals surface area (Å²) in [7, 11) is -1.34. The normalized spacial score (nSPS) is 11.8. The Bertz CT molecular complexity index is 1410. The number of carbonyl (C=O) groups excluding carboxylic acids is 2. The van der Waals surface area contributed by atoms with Crippen molar-refractivity contribution in [1.29, 1.82) is 0 Å². The molecule has 3 aromatic carbocycles. The summed E-state index contributed by atoms with van der Waals surface area (Å²) in [5.74, 6) is -0.157. The number of nitrogens with one attached hydrogen (secondary N) is 1. The second-order valence-corrected chi connectivity index (χ2v) is 11.4. The number of amides is 2. The van der Waals surface area contributed by atoms with Crippen molar-refractivity contribution in [1.82, 2.24) is 10.2 Å². The van der Waals surface area contributed by atoms with E-state index >= 15 is 0 Å². The van der Waals surface area contributed by atoms with Crippen molar-refractivity contribution >= 4 is 27.5 Å². The lowest BCUT2D eigenvalue weighted by molar-refractivity contribution is -0.139. The van der Waals surface area contributed by atoms with Gasteiger partial charge in [-0.3, -0.25) is 13.9 Å². The van der Waals surface area contributed by atoms with E-state index in [2.05, 4.69) is 5.32 Å². The van der Waals surface area contributed by atoms with Gasteiger partial charge >= 0.3 is 0 Å². The lowest BCUT2D eigenvalue weighted by Gasteiger charge is -2.33. The number of ether oxygens (including phenoxy) is 2. The van der Waals surface area contributed by atoms with Crippen molar-refractivity contribution in [2.45, 2.75) is 44.6 Å². The monoisotopic (exact) mass is 581 g/mol. The van der Waals surface area contributed by atoms with Gasteiger partial charge in [0.15, 0.2) is 0 Å². The maximum atomic E-state index is 14.1. The highest BCUT2D eigenvalue weighted by Gasteiger charge is 2.34.